The molecule has 2 aliphatic heterocycles. The maximum atomic E-state index is 13.7. The number of esters is 1. The second-order valence-electron chi connectivity index (χ2n) is 24.0. The summed E-state index contributed by atoms with van der Waals surface area (Å²) in [4.78, 5) is 28.9. The lowest BCUT2D eigenvalue weighted by Crippen LogP contribution is -2.67. The van der Waals surface area contributed by atoms with Gasteiger partial charge in [-0.3, -0.25) is 4.90 Å². The molecule has 2 aromatic carbocycles. The van der Waals surface area contributed by atoms with Gasteiger partial charge in [-0.1, -0.05) is 201 Å². The van der Waals surface area contributed by atoms with E-state index in [0.29, 0.717) is 12.8 Å². The van der Waals surface area contributed by atoms with Crippen molar-refractivity contribution in [2.24, 2.45) is 11.8 Å². The molecule has 7 atom stereocenters. The van der Waals surface area contributed by atoms with Crippen molar-refractivity contribution in [3.63, 3.8) is 0 Å². The first kappa shape index (κ1) is 64.4. The first-order chi connectivity index (χ1) is 35.4. The minimum absolute atomic E-state index is 0.0793. The molecular weight excluding hydrogens is 1080 g/mol. The van der Waals surface area contributed by atoms with Gasteiger partial charge in [0.1, 0.15) is 17.4 Å². The molecule has 2 saturated heterocycles. The average molecular weight is 1170 g/mol. The number of allylic oxidation sites excluding steroid dienone is 10. The van der Waals surface area contributed by atoms with Crippen LogP contribution >= 0.6 is 22.6 Å². The number of carbonyl (C=O) groups is 2. The summed E-state index contributed by atoms with van der Waals surface area (Å²) in [6, 6.07) is 21.1. The van der Waals surface area contributed by atoms with E-state index < -0.39 is 62.2 Å². The van der Waals surface area contributed by atoms with E-state index in [1.807, 2.05) is 139 Å². The van der Waals surface area contributed by atoms with E-state index in [9.17, 15) is 9.59 Å². The first-order valence-corrected chi connectivity index (χ1v) is 30.1. The highest BCUT2D eigenvalue weighted by Crippen LogP contribution is 2.41. The maximum Gasteiger partial charge on any atom is 0.487 e. The minimum atomic E-state index is -2.79. The SMILES string of the molecule is CO[C@@H](C\C=C(C)/C=C/C(C)=C\C=C\C(=O)O[C@@H]([C@H](C)[C@@H]1OC(C)(C)N(C(=O)OC(C)(C)C)[C@@H]1C)[C@H](C)/C=C/C(C)=C/C=C/B1OC(C)(C)C(C)(C)O1)C[C@@H](/C=C/I)O[Si](c1ccccc1)(c1ccccc1)C(C)(C)C. The molecule has 2 aromatic rings. The molecule has 0 N–H and O–H groups in total. The second-order valence-corrected chi connectivity index (χ2v) is 29.0. The molecule has 1 amide bonds. The number of carbonyl (C=O) groups excluding carboxylic acids is 2. The maximum absolute atomic E-state index is 13.7. The van der Waals surface area contributed by atoms with Crippen molar-refractivity contribution in [3.05, 3.63) is 154 Å². The molecule has 0 radical (unpaired) electrons. The lowest BCUT2D eigenvalue weighted by atomic mass is 9.86. The highest BCUT2D eigenvalue weighted by atomic mass is 127. The van der Waals surface area contributed by atoms with Gasteiger partial charge in [0.15, 0.2) is 0 Å². The molecular formula is C63H91BINO9Si. The lowest BCUT2D eigenvalue weighted by Gasteiger charge is -2.45. The van der Waals surface area contributed by atoms with E-state index in [4.69, 9.17) is 32.7 Å². The fourth-order valence-electron chi connectivity index (χ4n) is 9.85. The van der Waals surface area contributed by atoms with Crippen LogP contribution < -0.4 is 10.4 Å². The van der Waals surface area contributed by atoms with Crippen LogP contribution in [0.5, 0.6) is 0 Å². The number of benzene rings is 2. The van der Waals surface area contributed by atoms with Crippen molar-refractivity contribution >= 4 is 60.5 Å². The van der Waals surface area contributed by atoms with Gasteiger partial charge in [-0.05, 0) is 116 Å². The normalized spacial score (nSPS) is 21.8. The third-order valence-electron chi connectivity index (χ3n) is 14.6. The summed E-state index contributed by atoms with van der Waals surface area (Å²) in [7, 11) is -1.46. The molecule has 10 nitrogen and oxygen atoms in total. The zero-order valence-electron chi connectivity index (χ0n) is 49.3. The van der Waals surface area contributed by atoms with Gasteiger partial charge in [0, 0.05) is 31.4 Å². The van der Waals surface area contributed by atoms with Gasteiger partial charge in [-0.15, -0.1) is 0 Å². The quantitative estimate of drug-likeness (QED) is 0.0375. The predicted molar refractivity (Wildman–Crippen MR) is 324 cm³/mol. The van der Waals surface area contributed by atoms with Gasteiger partial charge >= 0.3 is 19.2 Å². The van der Waals surface area contributed by atoms with Crippen LogP contribution in [0.3, 0.4) is 0 Å². The van der Waals surface area contributed by atoms with Crippen molar-refractivity contribution in [1.82, 2.24) is 4.90 Å². The average Bonchev–Trinajstić information content (AvgIpc) is 3.71. The van der Waals surface area contributed by atoms with Crippen LogP contribution in [0.4, 0.5) is 4.79 Å². The summed E-state index contributed by atoms with van der Waals surface area (Å²) in [6.07, 6.45) is 21.2. The highest BCUT2D eigenvalue weighted by Gasteiger charge is 2.54. The Balaban J connectivity index is 1.49. The van der Waals surface area contributed by atoms with Crippen LogP contribution in [-0.4, -0.2) is 92.5 Å². The van der Waals surface area contributed by atoms with Crippen LogP contribution in [-0.2, 0) is 37.5 Å². The zero-order chi connectivity index (χ0) is 56.9. The van der Waals surface area contributed by atoms with E-state index in [1.165, 1.54) is 16.4 Å². The van der Waals surface area contributed by atoms with Gasteiger partial charge in [0.25, 0.3) is 8.32 Å². The highest BCUT2D eigenvalue weighted by molar-refractivity contribution is 14.1. The third kappa shape index (κ3) is 17.7. The molecule has 416 valence electrons. The van der Waals surface area contributed by atoms with E-state index in [-0.39, 0.29) is 35.1 Å². The molecule has 0 aliphatic carbocycles. The lowest BCUT2D eigenvalue weighted by molar-refractivity contribution is -0.153. The molecule has 0 aromatic heterocycles. The Morgan fingerprint density at radius 3 is 1.86 bits per heavy atom. The number of rotatable bonds is 22. The molecule has 0 spiro atoms. The summed E-state index contributed by atoms with van der Waals surface area (Å²) in [6.45, 7) is 36.4. The van der Waals surface area contributed by atoms with Crippen LogP contribution in [0.1, 0.15) is 137 Å². The van der Waals surface area contributed by atoms with Gasteiger partial charge in [-0.2, -0.15) is 0 Å². The molecule has 4 rings (SSSR count). The topological polar surface area (TPSA) is 102 Å². The largest absolute Gasteiger partial charge is 0.487 e. The Morgan fingerprint density at radius 1 is 0.789 bits per heavy atom. The number of ether oxygens (including phenoxy) is 4. The zero-order valence-corrected chi connectivity index (χ0v) is 52.5. The van der Waals surface area contributed by atoms with Crippen LogP contribution in [0, 0.1) is 11.8 Å². The van der Waals surface area contributed by atoms with Gasteiger partial charge < -0.3 is 32.7 Å². The number of methoxy groups -OCH3 is 1. The predicted octanol–water partition coefficient (Wildman–Crippen LogP) is 14.3. The Hall–Kier alpha value is -4.09. The van der Waals surface area contributed by atoms with Crippen molar-refractivity contribution < 1.29 is 42.3 Å². The van der Waals surface area contributed by atoms with E-state index in [0.717, 1.165) is 16.7 Å². The summed E-state index contributed by atoms with van der Waals surface area (Å²) in [5.74, 6) is 0.883. The van der Waals surface area contributed by atoms with Crippen molar-refractivity contribution in [2.45, 2.75) is 195 Å². The first-order valence-electron chi connectivity index (χ1n) is 27.0. The monoisotopic (exact) mass is 1170 g/mol. The van der Waals surface area contributed by atoms with Crippen LogP contribution in [0.25, 0.3) is 0 Å². The fourth-order valence-corrected chi connectivity index (χ4v) is 15.0. The smallest absolute Gasteiger partial charge is 0.458 e. The number of nitrogens with zero attached hydrogens (tertiary/aromatic N) is 1. The summed E-state index contributed by atoms with van der Waals surface area (Å²) < 4.78 is 46.7. The molecule has 0 saturated carbocycles. The van der Waals surface area contributed by atoms with Gasteiger partial charge in [0.05, 0.1) is 35.6 Å². The molecule has 0 unspecified atom stereocenters. The Kier molecular flexibility index (Phi) is 23.5. The van der Waals surface area contributed by atoms with E-state index in [2.05, 4.69) is 133 Å². The van der Waals surface area contributed by atoms with Crippen LogP contribution in [0.15, 0.2) is 154 Å². The Labute approximate surface area is 473 Å². The van der Waals surface area contributed by atoms with Crippen molar-refractivity contribution in [3.8, 4) is 0 Å². The number of halogens is 1. The van der Waals surface area contributed by atoms with Crippen LogP contribution in [0.2, 0.25) is 5.04 Å². The molecule has 13 heteroatoms. The summed E-state index contributed by atoms with van der Waals surface area (Å²) in [5.41, 5.74) is 0.564. The summed E-state index contributed by atoms with van der Waals surface area (Å²) in [5, 5.41) is 2.33. The minimum Gasteiger partial charge on any atom is -0.458 e. The molecule has 2 heterocycles. The van der Waals surface area contributed by atoms with E-state index >= 15 is 0 Å². The molecule has 76 heavy (non-hydrogen) atoms. The fraction of sp³-hybridized carbons (Fsp3) is 0.524. The van der Waals surface area contributed by atoms with Crippen molar-refractivity contribution in [2.75, 3.05) is 7.11 Å². The van der Waals surface area contributed by atoms with E-state index in [1.54, 1.807) is 18.1 Å². The number of hydrogen-bond donors (Lipinski definition) is 0. The molecule has 2 fully saturated rings. The van der Waals surface area contributed by atoms with Crippen molar-refractivity contribution in [1.29, 1.82) is 0 Å². The van der Waals surface area contributed by atoms with Gasteiger partial charge in [-0.25, -0.2) is 9.59 Å². The van der Waals surface area contributed by atoms with Gasteiger partial charge in [0.2, 0.25) is 0 Å². The molecule has 0 bridgehead atoms. The second kappa shape index (κ2) is 27.7. The third-order valence-corrected chi connectivity index (χ3v) is 20.1. The molecule has 2 aliphatic rings. The number of hydrogen-bond acceptors (Lipinski definition) is 9. The standard InChI is InChI=1S/C63H91BINO9Si/c1-45(35-36-47(3)38-40-51(69-19)44-52(41-43-65)73-76(60(10,11)12,53-30-22-20-23-31-53)54-32-24-21-25-33-54)28-26-34-55(67)70-56(49(5)57-50(6)66(63(17,18)71-57)58(68)72-59(7,8)9)48(4)39-37-46(2)29-27-42-64-74-61(13,14)62(15,16)75-64/h20-39,41-43,48-52,56-57H,40,44H2,1-19H3/b34-26+,36-35+,39-37+,42-27+,43-41+,45-28-,46-29+,47-38-/t48-,49+,50-,51+,52-,56-,57+/m1/s1. The number of amides is 1. The Bertz CT molecular complexity index is 2410. The summed E-state index contributed by atoms with van der Waals surface area (Å²) >= 11 is 2.29. The Morgan fingerprint density at radius 2 is 1.33 bits per heavy atom.